The highest BCUT2D eigenvalue weighted by atomic mass is 32.3. The van der Waals surface area contributed by atoms with E-state index >= 15 is 0 Å². The molecule has 0 saturated heterocycles. The summed E-state index contributed by atoms with van der Waals surface area (Å²) in [7, 11) is -9.56. The summed E-state index contributed by atoms with van der Waals surface area (Å²) in [4.78, 5) is 0. The molecule has 10 heteroatoms. The van der Waals surface area contributed by atoms with Gasteiger partial charge in [0.15, 0.2) is 0 Å². The minimum absolute atomic E-state index is 0.495. The molecule has 0 aliphatic rings. The van der Waals surface area contributed by atoms with Crippen LogP contribution in [0.1, 0.15) is 11.5 Å². The third kappa shape index (κ3) is 7.20. The summed E-state index contributed by atoms with van der Waals surface area (Å²) in [5, 5.41) is 0. The Morgan fingerprint density at radius 3 is 2.05 bits per heavy atom. The van der Waals surface area contributed by atoms with Crippen LogP contribution < -0.4 is 0 Å². The molecule has 0 fully saturated rings. The van der Waals surface area contributed by atoms with Crippen molar-refractivity contribution in [3.8, 4) is 0 Å². The summed E-state index contributed by atoms with van der Waals surface area (Å²) < 4.78 is 68.8. The van der Waals surface area contributed by atoms with Crippen molar-refractivity contribution in [2.24, 2.45) is 0 Å². The van der Waals surface area contributed by atoms with Crippen molar-refractivity contribution in [2.75, 3.05) is 13.2 Å². The summed E-state index contributed by atoms with van der Waals surface area (Å²) in [5.41, 5.74) is 0.495. The van der Waals surface area contributed by atoms with Gasteiger partial charge in [-0.05, 0) is 5.56 Å². The second-order valence-electron chi connectivity index (χ2n) is 3.51. The molecule has 1 aromatic rings. The molecule has 108 valence electrons. The Hall–Kier alpha value is -1.04. The molecule has 1 aromatic carbocycles. The van der Waals surface area contributed by atoms with Crippen LogP contribution in [0.2, 0.25) is 0 Å². The Morgan fingerprint density at radius 1 is 1.05 bits per heavy atom. The number of hydrogen-bond acceptors (Lipinski definition) is 7. The molecule has 0 radical (unpaired) electrons. The van der Waals surface area contributed by atoms with Crippen LogP contribution in [0.3, 0.4) is 0 Å². The zero-order valence-corrected chi connectivity index (χ0v) is 11.1. The van der Waals surface area contributed by atoms with Crippen LogP contribution in [-0.4, -0.2) is 39.2 Å². The van der Waals surface area contributed by atoms with E-state index in [4.69, 9.17) is 4.55 Å². The van der Waals surface area contributed by atoms with Crippen LogP contribution in [-0.2, 0) is 29.2 Å². The third-order valence-corrected chi connectivity index (χ3v) is 2.96. The number of hydrogen-bond donors (Lipinski definition) is 1. The van der Waals surface area contributed by atoms with Crippen molar-refractivity contribution in [2.45, 2.75) is 5.92 Å². The Kier molecular flexibility index (Phi) is 5.40. The van der Waals surface area contributed by atoms with E-state index in [-0.39, 0.29) is 0 Å². The lowest BCUT2D eigenvalue weighted by molar-refractivity contribution is 0.194. The quantitative estimate of drug-likeness (QED) is 0.553. The summed E-state index contributed by atoms with van der Waals surface area (Å²) in [6, 6.07) is 8.08. The Bertz CT molecular complexity index is 556. The predicted molar refractivity (Wildman–Crippen MR) is 62.3 cm³/mol. The molecule has 0 spiro atoms. The van der Waals surface area contributed by atoms with Gasteiger partial charge in [0.1, 0.15) is 0 Å². The van der Waals surface area contributed by atoms with Crippen LogP contribution in [0.4, 0.5) is 0 Å². The van der Waals surface area contributed by atoms with Crippen molar-refractivity contribution < 1.29 is 34.3 Å². The summed E-state index contributed by atoms with van der Waals surface area (Å²) >= 11 is 0. The summed E-state index contributed by atoms with van der Waals surface area (Å²) in [5.74, 6) is -0.841. The van der Waals surface area contributed by atoms with Crippen LogP contribution in [0, 0.1) is 0 Å². The van der Waals surface area contributed by atoms with Gasteiger partial charge in [0.2, 0.25) is 10.4 Å². The van der Waals surface area contributed by atoms with Gasteiger partial charge in [0.25, 0.3) is 0 Å². The average molecular weight is 311 g/mol. The second-order valence-corrected chi connectivity index (χ2v) is 5.66. The van der Waals surface area contributed by atoms with E-state index in [2.05, 4.69) is 8.37 Å². The second kappa shape index (κ2) is 6.41. The fourth-order valence-corrected chi connectivity index (χ4v) is 1.97. The minimum atomic E-state index is -4.90. The van der Waals surface area contributed by atoms with Crippen molar-refractivity contribution in [3.05, 3.63) is 35.9 Å². The largest absolute Gasteiger partial charge is 0.726 e. The SMILES string of the molecule is O=S(=O)([O-])OCC(COS(=O)(=O)O)c1ccccc1. The molecule has 0 aromatic heterocycles. The Labute approximate surface area is 110 Å². The Morgan fingerprint density at radius 2 is 1.58 bits per heavy atom. The molecular formula is C9H11O8S2-. The zero-order chi connectivity index (χ0) is 14.5. The van der Waals surface area contributed by atoms with Gasteiger partial charge in [0.05, 0.1) is 13.2 Å². The first-order valence-electron chi connectivity index (χ1n) is 4.94. The summed E-state index contributed by atoms with van der Waals surface area (Å²) in [6.45, 7) is -1.15. The average Bonchev–Trinajstić information content (AvgIpc) is 2.27. The van der Waals surface area contributed by atoms with E-state index in [1.54, 1.807) is 30.3 Å². The molecular weight excluding hydrogens is 300 g/mol. The monoisotopic (exact) mass is 311 g/mol. The van der Waals surface area contributed by atoms with E-state index in [1.807, 2.05) is 0 Å². The maximum Gasteiger partial charge on any atom is 0.397 e. The van der Waals surface area contributed by atoms with Gasteiger partial charge in [0, 0.05) is 5.92 Å². The van der Waals surface area contributed by atoms with Crippen LogP contribution >= 0.6 is 0 Å². The molecule has 19 heavy (non-hydrogen) atoms. The predicted octanol–water partition coefficient (Wildman–Crippen LogP) is 0.0664. The third-order valence-electron chi connectivity index (χ3n) is 2.10. The molecule has 1 N–H and O–H groups in total. The lowest BCUT2D eigenvalue weighted by Crippen LogP contribution is -2.19. The van der Waals surface area contributed by atoms with Crippen molar-refractivity contribution in [1.82, 2.24) is 0 Å². The number of benzene rings is 1. The lowest BCUT2D eigenvalue weighted by Gasteiger charge is -2.17. The van der Waals surface area contributed by atoms with Crippen molar-refractivity contribution >= 4 is 20.8 Å². The molecule has 0 aliphatic carbocycles. The van der Waals surface area contributed by atoms with Crippen LogP contribution in [0.5, 0.6) is 0 Å². The smallest absolute Gasteiger partial charge is 0.397 e. The van der Waals surface area contributed by atoms with Crippen molar-refractivity contribution in [1.29, 1.82) is 0 Å². The summed E-state index contributed by atoms with van der Waals surface area (Å²) in [6.07, 6.45) is 0. The fourth-order valence-electron chi connectivity index (χ4n) is 1.30. The fraction of sp³-hybridized carbons (Fsp3) is 0.333. The first kappa shape index (κ1) is 16.0. The van der Waals surface area contributed by atoms with Gasteiger partial charge in [-0.25, -0.2) is 12.6 Å². The molecule has 8 nitrogen and oxygen atoms in total. The maximum atomic E-state index is 10.5. The Balaban J connectivity index is 2.79. The molecule has 1 unspecified atom stereocenters. The van der Waals surface area contributed by atoms with Crippen LogP contribution in [0.25, 0.3) is 0 Å². The highest BCUT2D eigenvalue weighted by molar-refractivity contribution is 7.81. The normalized spacial score (nSPS) is 14.2. The first-order chi connectivity index (χ1) is 8.67. The molecule has 1 rings (SSSR count). The molecule has 0 amide bonds. The molecule has 1 atom stereocenters. The highest BCUT2D eigenvalue weighted by Gasteiger charge is 2.17. The van der Waals surface area contributed by atoms with E-state index < -0.39 is 39.9 Å². The lowest BCUT2D eigenvalue weighted by atomic mass is 10.0. The first-order valence-corrected chi connectivity index (χ1v) is 7.64. The van der Waals surface area contributed by atoms with Gasteiger partial charge in [-0.2, -0.15) is 8.42 Å². The van der Waals surface area contributed by atoms with Gasteiger partial charge in [-0.15, -0.1) is 0 Å². The topological polar surface area (TPSA) is 130 Å². The van der Waals surface area contributed by atoms with E-state index in [0.717, 1.165) is 0 Å². The molecule has 0 aliphatic heterocycles. The van der Waals surface area contributed by atoms with E-state index in [1.165, 1.54) is 0 Å². The highest BCUT2D eigenvalue weighted by Crippen LogP contribution is 2.17. The van der Waals surface area contributed by atoms with Crippen LogP contribution in [0.15, 0.2) is 30.3 Å². The zero-order valence-electron chi connectivity index (χ0n) is 9.50. The molecule has 0 heterocycles. The molecule has 0 saturated carbocycles. The minimum Gasteiger partial charge on any atom is -0.726 e. The van der Waals surface area contributed by atoms with Gasteiger partial charge in [-0.3, -0.25) is 8.74 Å². The van der Waals surface area contributed by atoms with Crippen molar-refractivity contribution in [3.63, 3.8) is 0 Å². The number of rotatable bonds is 7. The molecule has 0 bridgehead atoms. The van der Waals surface area contributed by atoms with Gasteiger partial charge in [-0.1, -0.05) is 30.3 Å². The van der Waals surface area contributed by atoms with Gasteiger partial charge >= 0.3 is 10.4 Å². The standard InChI is InChI=1S/C9H12O8S2/c10-18(11,12)16-6-9(7-17-19(13,14)15)8-4-2-1-3-5-8/h1-5,9H,6-7H2,(H,10,11,12)(H,13,14,15)/p-1. The van der Waals surface area contributed by atoms with Gasteiger partial charge < -0.3 is 4.55 Å². The van der Waals surface area contributed by atoms with E-state index in [0.29, 0.717) is 5.56 Å². The maximum absolute atomic E-state index is 10.5. The van der Waals surface area contributed by atoms with E-state index in [9.17, 15) is 21.4 Å².